The third-order valence-electron chi connectivity index (χ3n) is 4.81. The minimum atomic E-state index is 0.802. The number of hydrogen-bond donors (Lipinski definition) is 2. The summed E-state index contributed by atoms with van der Waals surface area (Å²) in [6.45, 7) is 8.53. The minimum Gasteiger partial charge on any atom is -0.379 e. The predicted molar refractivity (Wildman–Crippen MR) is 102 cm³/mol. The van der Waals surface area contributed by atoms with E-state index < -0.39 is 0 Å². The van der Waals surface area contributed by atoms with Crippen LogP contribution in [0, 0.1) is 6.92 Å². The Hall–Kier alpha value is -1.66. The van der Waals surface area contributed by atoms with Crippen molar-refractivity contribution in [1.82, 2.24) is 14.9 Å². The summed E-state index contributed by atoms with van der Waals surface area (Å²) < 4.78 is 5.38. The van der Waals surface area contributed by atoms with E-state index in [1.807, 2.05) is 13.0 Å². The zero-order chi connectivity index (χ0) is 17.3. The van der Waals surface area contributed by atoms with Crippen molar-refractivity contribution in [2.24, 2.45) is 0 Å². The topological polar surface area (TPSA) is 62.3 Å². The summed E-state index contributed by atoms with van der Waals surface area (Å²) in [6.07, 6.45) is 8.73. The van der Waals surface area contributed by atoms with E-state index in [4.69, 9.17) is 4.74 Å². The Balaban J connectivity index is 1.43. The quantitative estimate of drug-likeness (QED) is 0.707. The van der Waals surface area contributed by atoms with Gasteiger partial charge < -0.3 is 15.4 Å². The van der Waals surface area contributed by atoms with E-state index in [1.165, 1.54) is 25.7 Å². The molecule has 1 aliphatic carbocycles. The molecule has 3 rings (SSSR count). The molecular formula is C19H31N5O. The molecular weight excluding hydrogens is 314 g/mol. The number of nitrogens with zero attached hydrogens (tertiary/aromatic N) is 3. The third-order valence-corrected chi connectivity index (χ3v) is 4.81. The van der Waals surface area contributed by atoms with Crippen molar-refractivity contribution in [3.8, 4) is 0 Å². The van der Waals surface area contributed by atoms with Gasteiger partial charge in [-0.1, -0.05) is 11.6 Å². The van der Waals surface area contributed by atoms with Gasteiger partial charge in [0.2, 0.25) is 0 Å². The van der Waals surface area contributed by atoms with Crippen molar-refractivity contribution in [3.05, 3.63) is 23.5 Å². The summed E-state index contributed by atoms with van der Waals surface area (Å²) >= 11 is 0. The summed E-state index contributed by atoms with van der Waals surface area (Å²) in [4.78, 5) is 11.4. The van der Waals surface area contributed by atoms with E-state index in [0.717, 1.165) is 69.8 Å². The summed E-state index contributed by atoms with van der Waals surface area (Å²) in [5, 5.41) is 6.88. The number of nitrogens with one attached hydrogen (secondary N) is 2. The van der Waals surface area contributed by atoms with Crippen LogP contribution in [-0.4, -0.2) is 60.8 Å². The van der Waals surface area contributed by atoms with Crippen LogP contribution in [0.15, 0.2) is 17.7 Å². The summed E-state index contributed by atoms with van der Waals surface area (Å²) in [5.41, 5.74) is 1.59. The standard InChI is InChI=1S/C19H31N5O/c1-16-22-18(20-8-7-17-5-3-2-4-6-17)15-19(23-16)21-9-10-24-11-13-25-14-12-24/h5,15H,2-4,6-14H2,1H3,(H2,20,21,22,23). The third kappa shape index (κ3) is 6.29. The molecule has 0 bridgehead atoms. The summed E-state index contributed by atoms with van der Waals surface area (Å²) in [5.74, 6) is 2.62. The second-order valence-corrected chi connectivity index (χ2v) is 6.85. The number of rotatable bonds is 8. The molecule has 0 radical (unpaired) electrons. The molecule has 1 saturated heterocycles. The molecule has 0 saturated carbocycles. The van der Waals surface area contributed by atoms with Crippen molar-refractivity contribution in [2.75, 3.05) is 56.6 Å². The largest absolute Gasteiger partial charge is 0.379 e. The Labute approximate surface area is 151 Å². The number of aryl methyl sites for hydroxylation is 1. The minimum absolute atomic E-state index is 0.802. The number of morpholine rings is 1. The molecule has 6 heteroatoms. The van der Waals surface area contributed by atoms with Gasteiger partial charge in [-0.3, -0.25) is 4.90 Å². The molecule has 25 heavy (non-hydrogen) atoms. The Morgan fingerprint density at radius 2 is 1.84 bits per heavy atom. The average molecular weight is 345 g/mol. The Morgan fingerprint density at radius 3 is 2.56 bits per heavy atom. The molecule has 0 aromatic carbocycles. The number of ether oxygens (including phenoxy) is 1. The van der Waals surface area contributed by atoms with Gasteiger partial charge in [-0.05, 0) is 39.0 Å². The number of aromatic nitrogens is 2. The van der Waals surface area contributed by atoms with Crippen LogP contribution in [0.3, 0.4) is 0 Å². The highest BCUT2D eigenvalue weighted by atomic mass is 16.5. The lowest BCUT2D eigenvalue weighted by Gasteiger charge is -2.26. The van der Waals surface area contributed by atoms with Crippen LogP contribution < -0.4 is 10.6 Å². The van der Waals surface area contributed by atoms with Crippen LogP contribution in [0.25, 0.3) is 0 Å². The van der Waals surface area contributed by atoms with Gasteiger partial charge in [0, 0.05) is 38.8 Å². The van der Waals surface area contributed by atoms with Gasteiger partial charge in [0.25, 0.3) is 0 Å². The number of hydrogen-bond acceptors (Lipinski definition) is 6. The molecule has 0 spiro atoms. The Bertz CT molecular complexity index is 569. The monoisotopic (exact) mass is 345 g/mol. The second kappa shape index (κ2) is 9.73. The first-order valence-electron chi connectivity index (χ1n) is 9.61. The maximum atomic E-state index is 5.38. The van der Waals surface area contributed by atoms with Gasteiger partial charge in [0.1, 0.15) is 17.5 Å². The maximum absolute atomic E-state index is 5.38. The molecule has 1 fully saturated rings. The molecule has 2 aliphatic rings. The molecule has 138 valence electrons. The first-order chi connectivity index (χ1) is 12.3. The van der Waals surface area contributed by atoms with Crippen LogP contribution in [-0.2, 0) is 4.74 Å². The van der Waals surface area contributed by atoms with Crippen LogP contribution in [0.1, 0.15) is 37.9 Å². The van der Waals surface area contributed by atoms with E-state index in [-0.39, 0.29) is 0 Å². The molecule has 6 nitrogen and oxygen atoms in total. The van der Waals surface area contributed by atoms with Gasteiger partial charge in [-0.2, -0.15) is 0 Å². The van der Waals surface area contributed by atoms with Crippen molar-refractivity contribution in [3.63, 3.8) is 0 Å². The highest BCUT2D eigenvalue weighted by Gasteiger charge is 2.10. The summed E-state index contributed by atoms with van der Waals surface area (Å²) in [7, 11) is 0. The van der Waals surface area contributed by atoms with Crippen molar-refractivity contribution < 1.29 is 4.74 Å². The first kappa shape index (κ1) is 18.1. The molecule has 2 heterocycles. The molecule has 1 aromatic heterocycles. The van der Waals surface area contributed by atoms with Gasteiger partial charge in [-0.15, -0.1) is 0 Å². The molecule has 1 aromatic rings. The fraction of sp³-hybridized carbons (Fsp3) is 0.684. The van der Waals surface area contributed by atoms with Gasteiger partial charge >= 0.3 is 0 Å². The zero-order valence-corrected chi connectivity index (χ0v) is 15.4. The van der Waals surface area contributed by atoms with Crippen molar-refractivity contribution in [2.45, 2.75) is 39.0 Å². The fourth-order valence-corrected chi connectivity index (χ4v) is 3.40. The molecule has 2 N–H and O–H groups in total. The van der Waals surface area contributed by atoms with E-state index in [9.17, 15) is 0 Å². The lowest BCUT2D eigenvalue weighted by Crippen LogP contribution is -2.39. The van der Waals surface area contributed by atoms with Crippen LogP contribution >= 0.6 is 0 Å². The van der Waals surface area contributed by atoms with Crippen molar-refractivity contribution >= 4 is 11.6 Å². The van der Waals surface area contributed by atoms with Crippen molar-refractivity contribution in [1.29, 1.82) is 0 Å². The molecule has 1 aliphatic heterocycles. The number of allylic oxidation sites excluding steroid dienone is 1. The molecule has 0 amide bonds. The SMILES string of the molecule is Cc1nc(NCCC2=CCCCC2)cc(NCCN2CCOCC2)n1. The van der Waals surface area contributed by atoms with Crippen LogP contribution in [0.5, 0.6) is 0 Å². The van der Waals surface area contributed by atoms with E-state index in [2.05, 4.69) is 31.6 Å². The number of anilines is 2. The van der Waals surface area contributed by atoms with E-state index >= 15 is 0 Å². The maximum Gasteiger partial charge on any atom is 0.131 e. The van der Waals surface area contributed by atoms with Crippen LogP contribution in [0.2, 0.25) is 0 Å². The first-order valence-corrected chi connectivity index (χ1v) is 9.61. The lowest BCUT2D eigenvalue weighted by molar-refractivity contribution is 0.0398. The summed E-state index contributed by atoms with van der Waals surface area (Å²) in [6, 6.07) is 2.02. The molecule has 0 atom stereocenters. The fourth-order valence-electron chi connectivity index (χ4n) is 3.40. The van der Waals surface area contributed by atoms with E-state index in [0.29, 0.717) is 0 Å². The van der Waals surface area contributed by atoms with Gasteiger partial charge in [0.05, 0.1) is 13.2 Å². The highest BCUT2D eigenvalue weighted by molar-refractivity contribution is 5.47. The zero-order valence-electron chi connectivity index (χ0n) is 15.4. The Kier molecular flexibility index (Phi) is 7.06. The van der Waals surface area contributed by atoms with E-state index in [1.54, 1.807) is 5.57 Å². The van der Waals surface area contributed by atoms with Gasteiger partial charge in [-0.25, -0.2) is 9.97 Å². The Morgan fingerprint density at radius 1 is 1.08 bits per heavy atom. The van der Waals surface area contributed by atoms with Gasteiger partial charge in [0.15, 0.2) is 0 Å². The van der Waals surface area contributed by atoms with Crippen LogP contribution in [0.4, 0.5) is 11.6 Å². The second-order valence-electron chi connectivity index (χ2n) is 6.85. The predicted octanol–water partition coefficient (Wildman–Crippen LogP) is 2.83. The smallest absolute Gasteiger partial charge is 0.131 e. The normalized spacial score (nSPS) is 18.7. The lowest BCUT2D eigenvalue weighted by atomic mass is 9.97. The average Bonchev–Trinajstić information content (AvgIpc) is 2.63. The highest BCUT2D eigenvalue weighted by Crippen LogP contribution is 2.20. The molecule has 0 unspecified atom stereocenters.